The van der Waals surface area contributed by atoms with Crippen LogP contribution in [0, 0.1) is 0 Å². The Bertz CT molecular complexity index is 1200. The quantitative estimate of drug-likeness (QED) is 0.458. The third-order valence-electron chi connectivity index (χ3n) is 4.37. The molecule has 0 fully saturated rings. The van der Waals surface area contributed by atoms with E-state index in [2.05, 4.69) is 25.9 Å². The van der Waals surface area contributed by atoms with Gasteiger partial charge in [0.05, 0.1) is 23.1 Å². The van der Waals surface area contributed by atoms with E-state index >= 15 is 0 Å². The molecule has 2 aromatic heterocycles. The highest BCUT2D eigenvalue weighted by Crippen LogP contribution is 2.24. The van der Waals surface area contributed by atoms with Gasteiger partial charge in [0.1, 0.15) is 5.69 Å². The number of amides is 2. The van der Waals surface area contributed by atoms with Crippen molar-refractivity contribution in [2.45, 2.75) is 6.92 Å². The molecule has 0 saturated carbocycles. The van der Waals surface area contributed by atoms with Gasteiger partial charge < -0.3 is 16.0 Å². The SMILES string of the molecule is CC(=O)Nc1ccc(NC(=O)c2ccc(Nc3cccc4cccnc34)cn2)cc1. The van der Waals surface area contributed by atoms with Gasteiger partial charge in [-0.3, -0.25) is 14.6 Å². The fraction of sp³-hybridized carbons (Fsp3) is 0.0435. The maximum absolute atomic E-state index is 12.4. The van der Waals surface area contributed by atoms with Crippen molar-refractivity contribution in [2.75, 3.05) is 16.0 Å². The summed E-state index contributed by atoms with van der Waals surface area (Å²) in [6, 6.07) is 20.1. The number of carbonyl (C=O) groups excluding carboxylic acids is 2. The second kappa shape index (κ2) is 8.40. The van der Waals surface area contributed by atoms with Crippen molar-refractivity contribution in [1.82, 2.24) is 9.97 Å². The summed E-state index contributed by atoms with van der Waals surface area (Å²) >= 11 is 0. The van der Waals surface area contributed by atoms with Crippen LogP contribution < -0.4 is 16.0 Å². The molecular formula is C23H19N5O2. The first kappa shape index (κ1) is 19.1. The van der Waals surface area contributed by atoms with Gasteiger partial charge in [0, 0.05) is 29.9 Å². The van der Waals surface area contributed by atoms with Crippen LogP contribution in [-0.4, -0.2) is 21.8 Å². The number of nitrogens with zero attached hydrogens (tertiary/aromatic N) is 2. The molecule has 4 aromatic rings. The first-order valence-electron chi connectivity index (χ1n) is 9.34. The van der Waals surface area contributed by atoms with E-state index in [4.69, 9.17) is 0 Å². The summed E-state index contributed by atoms with van der Waals surface area (Å²) in [6.45, 7) is 1.44. The van der Waals surface area contributed by atoms with E-state index < -0.39 is 0 Å². The van der Waals surface area contributed by atoms with E-state index in [1.165, 1.54) is 6.92 Å². The van der Waals surface area contributed by atoms with Crippen molar-refractivity contribution in [3.8, 4) is 0 Å². The zero-order valence-electron chi connectivity index (χ0n) is 16.2. The maximum atomic E-state index is 12.4. The standard InChI is InChI=1S/C23H19N5O2/c1-15(29)26-17-7-9-18(10-8-17)28-23(30)21-12-11-19(14-25-21)27-20-6-2-4-16-5-3-13-24-22(16)20/h2-14,27H,1H3,(H,26,29)(H,28,30). The van der Waals surface area contributed by atoms with Gasteiger partial charge >= 0.3 is 0 Å². The molecule has 148 valence electrons. The fourth-order valence-corrected chi connectivity index (χ4v) is 3.00. The molecule has 0 unspecified atom stereocenters. The molecule has 0 saturated heterocycles. The largest absolute Gasteiger partial charge is 0.352 e. The third kappa shape index (κ3) is 4.41. The highest BCUT2D eigenvalue weighted by molar-refractivity contribution is 6.03. The predicted octanol–water partition coefficient (Wildman–Crippen LogP) is 4.58. The van der Waals surface area contributed by atoms with Gasteiger partial charge in [0.2, 0.25) is 5.91 Å². The minimum Gasteiger partial charge on any atom is -0.352 e. The Hall–Kier alpha value is -4.26. The summed E-state index contributed by atoms with van der Waals surface area (Å²) in [4.78, 5) is 32.2. The highest BCUT2D eigenvalue weighted by atomic mass is 16.2. The van der Waals surface area contributed by atoms with Gasteiger partial charge in [0.15, 0.2) is 0 Å². The monoisotopic (exact) mass is 397 g/mol. The van der Waals surface area contributed by atoms with Crippen LogP contribution in [0.4, 0.5) is 22.7 Å². The summed E-state index contributed by atoms with van der Waals surface area (Å²) in [5, 5.41) is 9.80. The summed E-state index contributed by atoms with van der Waals surface area (Å²) in [6.07, 6.45) is 3.36. The van der Waals surface area contributed by atoms with Crippen LogP contribution >= 0.6 is 0 Å². The number of benzene rings is 2. The first-order chi connectivity index (χ1) is 14.6. The predicted molar refractivity (Wildman–Crippen MR) is 118 cm³/mol. The number of nitrogens with one attached hydrogen (secondary N) is 3. The molecule has 30 heavy (non-hydrogen) atoms. The van der Waals surface area contributed by atoms with E-state index in [1.807, 2.05) is 30.3 Å². The number of anilines is 4. The van der Waals surface area contributed by atoms with E-state index in [0.29, 0.717) is 17.1 Å². The molecule has 0 bridgehead atoms. The Morgan fingerprint density at radius 3 is 2.17 bits per heavy atom. The third-order valence-corrected chi connectivity index (χ3v) is 4.37. The Morgan fingerprint density at radius 1 is 0.767 bits per heavy atom. The van der Waals surface area contributed by atoms with Crippen molar-refractivity contribution in [1.29, 1.82) is 0 Å². The molecule has 7 nitrogen and oxygen atoms in total. The van der Waals surface area contributed by atoms with Crippen LogP contribution in [0.15, 0.2) is 79.1 Å². The van der Waals surface area contributed by atoms with Crippen molar-refractivity contribution in [2.24, 2.45) is 0 Å². The molecule has 0 spiro atoms. The van der Waals surface area contributed by atoms with Crippen LogP contribution in [0.2, 0.25) is 0 Å². The van der Waals surface area contributed by atoms with Gasteiger partial charge in [-0.15, -0.1) is 0 Å². The summed E-state index contributed by atoms with van der Waals surface area (Å²) in [5.74, 6) is -0.468. The van der Waals surface area contributed by atoms with Crippen LogP contribution in [0.3, 0.4) is 0 Å². The number of hydrogen-bond donors (Lipinski definition) is 3. The average molecular weight is 397 g/mol. The van der Waals surface area contributed by atoms with Gasteiger partial charge in [-0.1, -0.05) is 18.2 Å². The van der Waals surface area contributed by atoms with Crippen LogP contribution in [-0.2, 0) is 4.79 Å². The first-order valence-corrected chi connectivity index (χ1v) is 9.34. The fourth-order valence-electron chi connectivity index (χ4n) is 3.00. The number of rotatable bonds is 5. The van der Waals surface area contributed by atoms with Gasteiger partial charge in [-0.25, -0.2) is 4.98 Å². The molecular weight excluding hydrogens is 378 g/mol. The highest BCUT2D eigenvalue weighted by Gasteiger charge is 2.09. The second-order valence-corrected chi connectivity index (χ2v) is 6.65. The normalized spacial score (nSPS) is 10.4. The summed E-state index contributed by atoms with van der Waals surface area (Å²) in [7, 11) is 0. The molecule has 0 aliphatic rings. The number of carbonyl (C=O) groups is 2. The molecule has 3 N–H and O–H groups in total. The van der Waals surface area contributed by atoms with Crippen LogP contribution in [0.5, 0.6) is 0 Å². The summed E-state index contributed by atoms with van der Waals surface area (Å²) in [5.41, 5.74) is 4.06. The molecule has 2 amide bonds. The average Bonchev–Trinajstić information content (AvgIpc) is 2.75. The number of para-hydroxylation sites is 1. The van der Waals surface area contributed by atoms with E-state index in [-0.39, 0.29) is 11.8 Å². The van der Waals surface area contributed by atoms with E-state index in [9.17, 15) is 9.59 Å². The topological polar surface area (TPSA) is 96.0 Å². The van der Waals surface area contributed by atoms with Gasteiger partial charge in [-0.2, -0.15) is 0 Å². The maximum Gasteiger partial charge on any atom is 0.274 e. The molecule has 0 aliphatic heterocycles. The van der Waals surface area contributed by atoms with Crippen molar-refractivity contribution in [3.05, 3.63) is 84.8 Å². The number of aromatic nitrogens is 2. The summed E-state index contributed by atoms with van der Waals surface area (Å²) < 4.78 is 0. The van der Waals surface area contributed by atoms with Gasteiger partial charge in [0.25, 0.3) is 5.91 Å². The lowest BCUT2D eigenvalue weighted by atomic mass is 10.2. The van der Waals surface area contributed by atoms with Gasteiger partial charge in [-0.05, 0) is 48.5 Å². The zero-order valence-corrected chi connectivity index (χ0v) is 16.2. The van der Waals surface area contributed by atoms with Crippen LogP contribution in [0.1, 0.15) is 17.4 Å². The lowest BCUT2D eigenvalue weighted by molar-refractivity contribution is -0.114. The smallest absolute Gasteiger partial charge is 0.274 e. The molecule has 2 aromatic carbocycles. The minimum absolute atomic E-state index is 0.149. The number of pyridine rings is 2. The molecule has 0 atom stereocenters. The molecule has 0 radical (unpaired) electrons. The van der Waals surface area contributed by atoms with Crippen molar-refractivity contribution < 1.29 is 9.59 Å². The second-order valence-electron chi connectivity index (χ2n) is 6.65. The molecule has 2 heterocycles. The Morgan fingerprint density at radius 2 is 1.47 bits per heavy atom. The lowest BCUT2D eigenvalue weighted by Gasteiger charge is -2.10. The number of fused-ring (bicyclic) bond motifs is 1. The Kier molecular flexibility index (Phi) is 5.34. The van der Waals surface area contributed by atoms with Crippen molar-refractivity contribution in [3.63, 3.8) is 0 Å². The molecule has 0 aliphatic carbocycles. The zero-order chi connectivity index (χ0) is 20.9. The molecule has 7 heteroatoms. The number of hydrogen-bond acceptors (Lipinski definition) is 5. The lowest BCUT2D eigenvalue weighted by Crippen LogP contribution is -2.13. The Labute approximate surface area is 173 Å². The van der Waals surface area contributed by atoms with E-state index in [0.717, 1.165) is 22.3 Å². The van der Waals surface area contributed by atoms with Crippen molar-refractivity contribution >= 4 is 45.5 Å². The molecule has 4 rings (SSSR count). The van der Waals surface area contributed by atoms with E-state index in [1.54, 1.807) is 48.8 Å². The Balaban J connectivity index is 1.44. The minimum atomic E-state index is -0.319. The van der Waals surface area contributed by atoms with Crippen LogP contribution in [0.25, 0.3) is 10.9 Å².